The van der Waals surface area contributed by atoms with Crippen molar-refractivity contribution in [3.05, 3.63) is 42.7 Å². The van der Waals surface area contributed by atoms with Crippen LogP contribution in [0.15, 0.2) is 41.8 Å². The van der Waals surface area contributed by atoms with E-state index >= 15 is 0 Å². The molecule has 170 valence electrons. The lowest BCUT2D eigenvalue weighted by Crippen LogP contribution is -2.41. The summed E-state index contributed by atoms with van der Waals surface area (Å²) in [7, 11) is -0.151. The maximum absolute atomic E-state index is 14.0. The molecule has 1 aromatic rings. The standard InChI is InChI=1S/C23H37FN2O3S/c1-4-17-25(2)18-9-5-6-10-19-29-21-15-13-20(14-16-21)26(3)30(27,28)23-12-8-7-11-22(23)24/h4,7-8,11-12,20-21H,1,5-6,9-10,13-19H2,2-3H3/t20-,21-. The van der Waals surface area contributed by atoms with E-state index in [-0.39, 0.29) is 17.0 Å². The summed E-state index contributed by atoms with van der Waals surface area (Å²) in [5.41, 5.74) is 0. The van der Waals surface area contributed by atoms with Gasteiger partial charge >= 0.3 is 0 Å². The number of likely N-dealkylation sites (N-methyl/N-ethyl adjacent to an activating group) is 1. The van der Waals surface area contributed by atoms with Gasteiger partial charge in [-0.05, 0) is 64.3 Å². The van der Waals surface area contributed by atoms with E-state index in [0.29, 0.717) is 0 Å². The SMILES string of the molecule is C=CCN(C)CCCCCCO[C@H]1CC[C@H](N(C)S(=O)(=O)c2ccccc2F)CC1. The van der Waals surface area contributed by atoms with E-state index < -0.39 is 15.8 Å². The van der Waals surface area contributed by atoms with Crippen LogP contribution in [-0.4, -0.2) is 63.6 Å². The molecule has 2 rings (SSSR count). The fraction of sp³-hybridized carbons (Fsp3) is 0.652. The summed E-state index contributed by atoms with van der Waals surface area (Å²) in [6, 6.07) is 5.45. The second kappa shape index (κ2) is 12.5. The third-order valence-corrected chi connectivity index (χ3v) is 7.82. The Morgan fingerprint density at radius 1 is 1.10 bits per heavy atom. The molecule has 1 saturated carbocycles. The van der Waals surface area contributed by atoms with Gasteiger partial charge in [0.25, 0.3) is 0 Å². The largest absolute Gasteiger partial charge is 0.378 e. The molecule has 5 nitrogen and oxygen atoms in total. The van der Waals surface area contributed by atoms with Crippen LogP contribution < -0.4 is 0 Å². The molecule has 1 fully saturated rings. The first-order chi connectivity index (χ1) is 14.4. The van der Waals surface area contributed by atoms with E-state index in [1.807, 2.05) is 6.08 Å². The lowest BCUT2D eigenvalue weighted by atomic mass is 9.93. The van der Waals surface area contributed by atoms with Crippen LogP contribution in [-0.2, 0) is 14.8 Å². The van der Waals surface area contributed by atoms with Crippen LogP contribution in [0.2, 0.25) is 0 Å². The van der Waals surface area contributed by atoms with Gasteiger partial charge in [0.05, 0.1) is 6.10 Å². The van der Waals surface area contributed by atoms with E-state index in [1.54, 1.807) is 13.1 Å². The zero-order valence-corrected chi connectivity index (χ0v) is 19.2. The molecule has 0 bridgehead atoms. The second-order valence-corrected chi connectivity index (χ2v) is 10.2. The van der Waals surface area contributed by atoms with Crippen molar-refractivity contribution in [1.82, 2.24) is 9.21 Å². The molecule has 0 heterocycles. The molecular weight excluding hydrogens is 403 g/mol. The summed E-state index contributed by atoms with van der Waals surface area (Å²) in [4.78, 5) is 2.02. The van der Waals surface area contributed by atoms with Gasteiger partial charge in [0, 0.05) is 26.2 Å². The van der Waals surface area contributed by atoms with Gasteiger partial charge in [-0.25, -0.2) is 12.8 Å². The lowest BCUT2D eigenvalue weighted by Gasteiger charge is -2.34. The number of rotatable bonds is 13. The number of nitrogens with zero attached hydrogens (tertiary/aromatic N) is 2. The van der Waals surface area contributed by atoms with Crippen LogP contribution in [0.3, 0.4) is 0 Å². The normalized spacial score (nSPS) is 20.0. The van der Waals surface area contributed by atoms with Crippen molar-refractivity contribution >= 4 is 10.0 Å². The Kier molecular flexibility index (Phi) is 10.4. The Balaban J connectivity index is 1.65. The van der Waals surface area contributed by atoms with Crippen LogP contribution in [0, 0.1) is 5.82 Å². The maximum Gasteiger partial charge on any atom is 0.245 e. The summed E-state index contributed by atoms with van der Waals surface area (Å²) >= 11 is 0. The van der Waals surface area contributed by atoms with Crippen molar-refractivity contribution in [3.63, 3.8) is 0 Å². The van der Waals surface area contributed by atoms with Gasteiger partial charge < -0.3 is 9.64 Å². The molecule has 0 spiro atoms. The molecule has 0 radical (unpaired) electrons. The Hall–Kier alpha value is -1.28. The highest BCUT2D eigenvalue weighted by Crippen LogP contribution is 2.29. The molecule has 0 aliphatic heterocycles. The number of halogens is 1. The summed E-state index contributed by atoms with van der Waals surface area (Å²) in [5, 5.41) is 0. The molecule has 0 saturated heterocycles. The highest BCUT2D eigenvalue weighted by atomic mass is 32.2. The third-order valence-electron chi connectivity index (χ3n) is 5.88. The van der Waals surface area contributed by atoms with Crippen molar-refractivity contribution in [2.75, 3.05) is 33.8 Å². The van der Waals surface area contributed by atoms with E-state index in [1.165, 1.54) is 41.8 Å². The molecular formula is C23H37FN2O3S. The molecule has 1 aromatic carbocycles. The topological polar surface area (TPSA) is 49.9 Å². The minimum absolute atomic E-state index is 0.109. The maximum atomic E-state index is 14.0. The van der Waals surface area contributed by atoms with E-state index in [2.05, 4.69) is 18.5 Å². The zero-order chi connectivity index (χ0) is 22.0. The molecule has 0 aromatic heterocycles. The predicted octanol–water partition coefficient (Wildman–Crippen LogP) is 4.45. The Labute approximate surface area is 181 Å². The minimum Gasteiger partial charge on any atom is -0.378 e. The highest BCUT2D eigenvalue weighted by molar-refractivity contribution is 7.89. The van der Waals surface area contributed by atoms with Crippen LogP contribution in [0.1, 0.15) is 51.4 Å². The molecule has 0 amide bonds. The van der Waals surface area contributed by atoms with Crippen molar-refractivity contribution in [3.8, 4) is 0 Å². The van der Waals surface area contributed by atoms with Gasteiger partial charge in [0.15, 0.2) is 0 Å². The van der Waals surface area contributed by atoms with E-state index in [9.17, 15) is 12.8 Å². The number of unbranched alkanes of at least 4 members (excludes halogenated alkanes) is 3. The Morgan fingerprint density at radius 3 is 2.43 bits per heavy atom. The average molecular weight is 441 g/mol. The summed E-state index contributed by atoms with van der Waals surface area (Å²) < 4.78 is 46.8. The number of benzene rings is 1. The average Bonchev–Trinajstić information content (AvgIpc) is 2.73. The number of ether oxygens (including phenoxy) is 1. The quantitative estimate of drug-likeness (QED) is 0.336. The monoisotopic (exact) mass is 440 g/mol. The Morgan fingerprint density at radius 2 is 1.77 bits per heavy atom. The predicted molar refractivity (Wildman–Crippen MR) is 120 cm³/mol. The highest BCUT2D eigenvalue weighted by Gasteiger charge is 2.33. The minimum atomic E-state index is -3.82. The molecule has 0 N–H and O–H groups in total. The number of hydrogen-bond acceptors (Lipinski definition) is 4. The molecule has 1 aliphatic carbocycles. The van der Waals surface area contributed by atoms with E-state index in [4.69, 9.17) is 4.74 Å². The third kappa shape index (κ3) is 7.45. The lowest BCUT2D eigenvalue weighted by molar-refractivity contribution is 0.0156. The Bertz CT molecular complexity index is 749. The smallest absolute Gasteiger partial charge is 0.245 e. The molecule has 0 unspecified atom stereocenters. The van der Waals surface area contributed by atoms with Gasteiger partial charge in [-0.1, -0.05) is 31.1 Å². The summed E-state index contributed by atoms with van der Waals surface area (Å²) in [5.74, 6) is -0.700. The second-order valence-electron chi connectivity index (χ2n) is 8.22. The number of hydrogen-bond donors (Lipinski definition) is 0. The van der Waals surface area contributed by atoms with Gasteiger partial charge in [-0.3, -0.25) is 0 Å². The van der Waals surface area contributed by atoms with Gasteiger partial charge in [-0.2, -0.15) is 4.31 Å². The van der Waals surface area contributed by atoms with Crippen LogP contribution in [0.5, 0.6) is 0 Å². The van der Waals surface area contributed by atoms with Gasteiger partial charge in [0.2, 0.25) is 10.0 Å². The van der Waals surface area contributed by atoms with Crippen molar-refractivity contribution in [2.24, 2.45) is 0 Å². The van der Waals surface area contributed by atoms with E-state index in [0.717, 1.165) is 51.8 Å². The zero-order valence-electron chi connectivity index (χ0n) is 18.4. The van der Waals surface area contributed by atoms with Crippen molar-refractivity contribution in [1.29, 1.82) is 0 Å². The first-order valence-corrected chi connectivity index (χ1v) is 12.4. The first-order valence-electron chi connectivity index (χ1n) is 11.0. The number of sulfonamides is 1. The molecule has 1 aliphatic rings. The summed E-state index contributed by atoms with van der Waals surface area (Å²) in [6.07, 6.45) is 9.92. The molecule has 0 atom stereocenters. The van der Waals surface area contributed by atoms with Gasteiger partial charge in [0.1, 0.15) is 10.7 Å². The summed E-state index contributed by atoms with van der Waals surface area (Å²) in [6.45, 7) is 6.55. The molecule has 30 heavy (non-hydrogen) atoms. The van der Waals surface area contributed by atoms with Crippen LogP contribution >= 0.6 is 0 Å². The van der Waals surface area contributed by atoms with Gasteiger partial charge in [-0.15, -0.1) is 6.58 Å². The first kappa shape index (κ1) is 25.0. The molecule has 7 heteroatoms. The fourth-order valence-corrected chi connectivity index (χ4v) is 5.46. The fourth-order valence-electron chi connectivity index (χ4n) is 3.98. The van der Waals surface area contributed by atoms with Crippen LogP contribution in [0.25, 0.3) is 0 Å². The van der Waals surface area contributed by atoms with Crippen molar-refractivity contribution in [2.45, 2.75) is 68.4 Å². The van der Waals surface area contributed by atoms with Crippen molar-refractivity contribution < 1.29 is 17.5 Å². The van der Waals surface area contributed by atoms with Crippen LogP contribution in [0.4, 0.5) is 4.39 Å².